The predicted molar refractivity (Wildman–Crippen MR) is 92.1 cm³/mol. The molecule has 0 spiro atoms. The summed E-state index contributed by atoms with van der Waals surface area (Å²) in [6.45, 7) is 7.46. The van der Waals surface area contributed by atoms with Crippen LogP contribution in [0.15, 0.2) is 0 Å². The fourth-order valence-electron chi connectivity index (χ4n) is 2.78. The molecule has 2 atom stereocenters. The van der Waals surface area contributed by atoms with Gasteiger partial charge in [0.25, 0.3) is 0 Å². The Morgan fingerprint density at radius 2 is 1.38 bits per heavy atom. The SMILES string of the molecule is CCOC(=O)C1CN(C)CCN1C.CN1CCN(C)C(C(=O)O)C1. The van der Waals surface area contributed by atoms with E-state index in [4.69, 9.17) is 9.84 Å². The van der Waals surface area contributed by atoms with Gasteiger partial charge in [-0.25, -0.2) is 0 Å². The molecular formula is C16H32N4O4. The summed E-state index contributed by atoms with van der Waals surface area (Å²) in [7, 11) is 7.79. The Labute approximate surface area is 144 Å². The maximum absolute atomic E-state index is 11.5. The molecule has 8 heteroatoms. The Morgan fingerprint density at radius 3 is 1.79 bits per heavy atom. The van der Waals surface area contributed by atoms with Gasteiger partial charge in [-0.1, -0.05) is 0 Å². The van der Waals surface area contributed by atoms with Crippen molar-refractivity contribution in [1.29, 1.82) is 0 Å². The zero-order valence-electron chi connectivity index (χ0n) is 15.6. The molecule has 2 heterocycles. The third kappa shape index (κ3) is 6.35. The number of ether oxygens (including phenoxy) is 1. The molecule has 0 bridgehead atoms. The smallest absolute Gasteiger partial charge is 0.324 e. The van der Waals surface area contributed by atoms with Crippen LogP contribution in [0, 0.1) is 0 Å². The summed E-state index contributed by atoms with van der Waals surface area (Å²) in [5.74, 6) is -0.824. The van der Waals surface area contributed by atoms with E-state index in [1.165, 1.54) is 0 Å². The first kappa shape index (κ1) is 20.8. The molecule has 2 fully saturated rings. The molecule has 0 amide bonds. The number of likely N-dealkylation sites (N-methyl/N-ethyl adjacent to an activating group) is 4. The lowest BCUT2D eigenvalue weighted by molar-refractivity contribution is -0.151. The van der Waals surface area contributed by atoms with Crippen LogP contribution < -0.4 is 0 Å². The van der Waals surface area contributed by atoms with Crippen molar-refractivity contribution < 1.29 is 19.4 Å². The van der Waals surface area contributed by atoms with Crippen molar-refractivity contribution in [2.45, 2.75) is 19.0 Å². The molecule has 2 saturated heterocycles. The molecule has 0 aliphatic carbocycles. The molecule has 1 N–H and O–H groups in total. The van der Waals surface area contributed by atoms with Crippen LogP contribution in [0.5, 0.6) is 0 Å². The lowest BCUT2D eigenvalue weighted by atomic mass is 10.2. The van der Waals surface area contributed by atoms with Gasteiger partial charge in [-0.15, -0.1) is 0 Å². The minimum atomic E-state index is -0.723. The first-order valence-electron chi connectivity index (χ1n) is 8.43. The molecule has 140 valence electrons. The molecule has 24 heavy (non-hydrogen) atoms. The van der Waals surface area contributed by atoms with Crippen molar-refractivity contribution in [3.63, 3.8) is 0 Å². The van der Waals surface area contributed by atoms with E-state index < -0.39 is 5.97 Å². The second-order valence-corrected chi connectivity index (χ2v) is 6.61. The van der Waals surface area contributed by atoms with Crippen molar-refractivity contribution in [1.82, 2.24) is 19.6 Å². The third-order valence-electron chi connectivity index (χ3n) is 4.55. The Hall–Kier alpha value is -1.22. The van der Waals surface area contributed by atoms with Gasteiger partial charge in [-0.2, -0.15) is 0 Å². The molecule has 0 aromatic carbocycles. The number of piperazine rings is 2. The average Bonchev–Trinajstić information content (AvgIpc) is 2.52. The quantitative estimate of drug-likeness (QED) is 0.661. The normalized spacial score (nSPS) is 27.2. The summed E-state index contributed by atoms with van der Waals surface area (Å²) in [6.07, 6.45) is 0. The van der Waals surface area contributed by atoms with Crippen LogP contribution in [0.25, 0.3) is 0 Å². The van der Waals surface area contributed by atoms with Crippen molar-refractivity contribution in [2.75, 3.05) is 74.1 Å². The van der Waals surface area contributed by atoms with E-state index in [0.29, 0.717) is 13.2 Å². The number of carboxylic acids is 1. The average molecular weight is 344 g/mol. The molecular weight excluding hydrogens is 312 g/mol. The number of nitrogens with zero attached hydrogens (tertiary/aromatic N) is 4. The number of carboxylic acid groups (broad SMARTS) is 1. The molecule has 8 nitrogen and oxygen atoms in total. The fourth-order valence-corrected chi connectivity index (χ4v) is 2.78. The topological polar surface area (TPSA) is 76.6 Å². The number of hydrogen-bond acceptors (Lipinski definition) is 7. The number of rotatable bonds is 3. The summed E-state index contributed by atoms with van der Waals surface area (Å²) in [5, 5.41) is 8.76. The minimum Gasteiger partial charge on any atom is -0.480 e. The van der Waals surface area contributed by atoms with Crippen molar-refractivity contribution in [2.24, 2.45) is 0 Å². The fraction of sp³-hybridized carbons (Fsp3) is 0.875. The van der Waals surface area contributed by atoms with E-state index in [9.17, 15) is 9.59 Å². The molecule has 0 aromatic rings. The summed E-state index contributed by atoms with van der Waals surface area (Å²) < 4.78 is 4.99. The van der Waals surface area contributed by atoms with Crippen LogP contribution in [0.3, 0.4) is 0 Å². The Kier molecular flexibility index (Phi) is 8.61. The Balaban J connectivity index is 0.000000243. The minimum absolute atomic E-state index is 0.0845. The number of carbonyl (C=O) groups is 2. The lowest BCUT2D eigenvalue weighted by Gasteiger charge is -2.35. The number of esters is 1. The van der Waals surface area contributed by atoms with Gasteiger partial charge in [0, 0.05) is 39.3 Å². The number of aliphatic carboxylic acids is 1. The Morgan fingerprint density at radius 1 is 0.917 bits per heavy atom. The largest absolute Gasteiger partial charge is 0.480 e. The third-order valence-corrected chi connectivity index (χ3v) is 4.55. The van der Waals surface area contributed by atoms with Gasteiger partial charge >= 0.3 is 11.9 Å². The van der Waals surface area contributed by atoms with E-state index in [1.807, 2.05) is 44.9 Å². The molecule has 0 aromatic heterocycles. The molecule has 0 saturated carbocycles. The standard InChI is InChI=1S/C9H18N2O2.C7H14N2O2/c1-4-13-9(12)8-7-10(2)5-6-11(8)3;1-8-3-4-9(2)6(5-8)7(10)11/h8H,4-7H2,1-3H3;6H,3-5H2,1-2H3,(H,10,11). The van der Waals surface area contributed by atoms with Crippen LogP contribution in [0.2, 0.25) is 0 Å². The van der Waals surface area contributed by atoms with E-state index in [1.54, 1.807) is 0 Å². The van der Waals surface area contributed by atoms with Gasteiger partial charge in [-0.3, -0.25) is 19.4 Å². The van der Waals surface area contributed by atoms with Crippen LogP contribution >= 0.6 is 0 Å². The summed E-state index contributed by atoms with van der Waals surface area (Å²) >= 11 is 0. The summed E-state index contributed by atoms with van der Waals surface area (Å²) in [5.41, 5.74) is 0. The molecule has 2 aliphatic heterocycles. The Bertz CT molecular complexity index is 421. The summed E-state index contributed by atoms with van der Waals surface area (Å²) in [6, 6.07) is -0.410. The zero-order chi connectivity index (χ0) is 18.3. The van der Waals surface area contributed by atoms with Gasteiger partial charge in [0.1, 0.15) is 12.1 Å². The van der Waals surface area contributed by atoms with Crippen LogP contribution in [0.1, 0.15) is 6.92 Å². The summed E-state index contributed by atoms with van der Waals surface area (Å²) in [4.78, 5) is 30.2. The first-order valence-corrected chi connectivity index (χ1v) is 8.43. The molecule has 0 radical (unpaired) electrons. The van der Waals surface area contributed by atoms with Gasteiger partial charge in [0.2, 0.25) is 0 Å². The van der Waals surface area contributed by atoms with Crippen LogP contribution in [-0.2, 0) is 14.3 Å². The highest BCUT2D eigenvalue weighted by Gasteiger charge is 2.29. The van der Waals surface area contributed by atoms with E-state index >= 15 is 0 Å². The highest BCUT2D eigenvalue weighted by atomic mass is 16.5. The van der Waals surface area contributed by atoms with Crippen molar-refractivity contribution in [3.8, 4) is 0 Å². The number of hydrogen-bond donors (Lipinski definition) is 1. The lowest BCUT2D eigenvalue weighted by Crippen LogP contribution is -2.54. The number of carbonyl (C=O) groups excluding carboxylic acids is 1. The van der Waals surface area contributed by atoms with E-state index in [-0.39, 0.29) is 18.1 Å². The van der Waals surface area contributed by atoms with Gasteiger partial charge in [-0.05, 0) is 35.1 Å². The monoisotopic (exact) mass is 344 g/mol. The second kappa shape index (κ2) is 9.93. The van der Waals surface area contributed by atoms with Gasteiger partial charge in [0.15, 0.2) is 0 Å². The highest BCUT2D eigenvalue weighted by molar-refractivity contribution is 5.76. The second-order valence-electron chi connectivity index (χ2n) is 6.61. The molecule has 2 rings (SSSR count). The zero-order valence-corrected chi connectivity index (χ0v) is 15.6. The first-order chi connectivity index (χ1) is 11.3. The van der Waals surface area contributed by atoms with Crippen LogP contribution in [0.4, 0.5) is 0 Å². The van der Waals surface area contributed by atoms with Crippen LogP contribution in [-0.4, -0.2) is 123 Å². The van der Waals surface area contributed by atoms with Gasteiger partial charge < -0.3 is 19.6 Å². The van der Waals surface area contributed by atoms with Crippen molar-refractivity contribution in [3.05, 3.63) is 0 Å². The molecule has 2 unspecified atom stereocenters. The predicted octanol–water partition coefficient (Wildman–Crippen LogP) is -0.888. The van der Waals surface area contributed by atoms with E-state index in [0.717, 1.165) is 32.7 Å². The van der Waals surface area contributed by atoms with E-state index in [2.05, 4.69) is 9.80 Å². The maximum Gasteiger partial charge on any atom is 0.324 e. The maximum atomic E-state index is 11.5. The van der Waals surface area contributed by atoms with Crippen molar-refractivity contribution >= 4 is 11.9 Å². The molecule has 2 aliphatic rings. The van der Waals surface area contributed by atoms with Gasteiger partial charge in [0.05, 0.1) is 6.61 Å². The highest BCUT2D eigenvalue weighted by Crippen LogP contribution is 2.07.